The van der Waals surface area contributed by atoms with E-state index in [0.29, 0.717) is 5.69 Å². The molecule has 3 rings (SSSR count). The van der Waals surface area contributed by atoms with Gasteiger partial charge in [0, 0.05) is 12.1 Å². The van der Waals surface area contributed by atoms with E-state index in [1.807, 2.05) is 0 Å². The van der Waals surface area contributed by atoms with E-state index in [2.05, 4.69) is 14.7 Å². The lowest BCUT2D eigenvalue weighted by atomic mass is 9.98. The molecule has 206 valence electrons. The van der Waals surface area contributed by atoms with Crippen molar-refractivity contribution in [2.24, 2.45) is 5.10 Å². The van der Waals surface area contributed by atoms with Gasteiger partial charge in [-0.05, 0) is 12.1 Å². The van der Waals surface area contributed by atoms with Crippen LogP contribution in [0.25, 0.3) is 0 Å². The van der Waals surface area contributed by atoms with Gasteiger partial charge in [-0.25, -0.2) is 8.98 Å². The molecule has 2 heterocycles. The predicted molar refractivity (Wildman–Crippen MR) is 117 cm³/mol. The first-order valence-electron chi connectivity index (χ1n) is 10.4. The van der Waals surface area contributed by atoms with Crippen LogP contribution in [0.15, 0.2) is 29.4 Å². The molecule has 2 fully saturated rings. The van der Waals surface area contributed by atoms with Crippen LogP contribution in [0, 0.1) is 10.1 Å². The van der Waals surface area contributed by atoms with E-state index in [0.717, 1.165) is 6.21 Å². The summed E-state index contributed by atoms with van der Waals surface area (Å²) in [6.45, 7) is -0.906. The lowest BCUT2D eigenvalue weighted by Crippen LogP contribution is -2.61. The number of hydrogen-bond acceptors (Lipinski definition) is 15. The first-order valence-corrected chi connectivity index (χ1v) is 11.7. The summed E-state index contributed by atoms with van der Waals surface area (Å²) < 4.78 is 51.0. The number of carbonyl (C=O) groups is 1. The van der Waals surface area contributed by atoms with Crippen molar-refractivity contribution in [2.45, 2.75) is 55.1 Å². The van der Waals surface area contributed by atoms with Gasteiger partial charge in [0.25, 0.3) is 5.69 Å². The van der Waals surface area contributed by atoms with Gasteiger partial charge in [-0.2, -0.15) is 13.5 Å². The molecule has 5 unspecified atom stereocenters. The zero-order valence-electron chi connectivity index (χ0n) is 18.5. The smallest absolute Gasteiger partial charge is 0.397 e. The number of ether oxygens (including phenoxy) is 3. The Morgan fingerprint density at radius 1 is 1.11 bits per heavy atom. The van der Waals surface area contributed by atoms with Gasteiger partial charge >= 0.3 is 16.4 Å². The molecule has 37 heavy (non-hydrogen) atoms. The number of hydrazone groups is 1. The molecule has 7 N–H and O–H groups in total. The van der Waals surface area contributed by atoms with Crippen LogP contribution >= 0.6 is 0 Å². The number of nitrogens with zero attached hydrogens (tertiary/aromatic N) is 2. The molecule has 0 amide bonds. The summed E-state index contributed by atoms with van der Waals surface area (Å²) in [6, 6.07) is 5.10. The third kappa shape index (κ3) is 7.13. The summed E-state index contributed by atoms with van der Waals surface area (Å²) >= 11 is 0. The number of benzene rings is 1. The van der Waals surface area contributed by atoms with E-state index in [9.17, 15) is 43.8 Å². The number of nitrogens with one attached hydrogen (secondary N) is 1. The van der Waals surface area contributed by atoms with Crippen molar-refractivity contribution in [3.8, 4) is 0 Å². The van der Waals surface area contributed by atoms with E-state index < -0.39 is 83.0 Å². The molecule has 0 spiro atoms. The Morgan fingerprint density at radius 3 is 2.32 bits per heavy atom. The molecule has 0 aromatic heterocycles. The lowest BCUT2D eigenvalue weighted by molar-refractivity contribution is -0.384. The Balaban J connectivity index is 1.74. The molecule has 1 aromatic carbocycles. The second-order valence-electron chi connectivity index (χ2n) is 7.87. The van der Waals surface area contributed by atoms with Crippen LogP contribution in [0.2, 0.25) is 0 Å². The van der Waals surface area contributed by atoms with Crippen molar-refractivity contribution in [2.75, 3.05) is 12.0 Å². The van der Waals surface area contributed by atoms with Gasteiger partial charge in [0.1, 0.15) is 42.7 Å². The highest BCUT2D eigenvalue weighted by Crippen LogP contribution is 2.30. The minimum absolute atomic E-state index is 0.166. The molecule has 2 saturated heterocycles. The van der Waals surface area contributed by atoms with Crippen molar-refractivity contribution in [1.29, 1.82) is 0 Å². The Hall–Kier alpha value is -2.85. The number of carboxylic acid groups (broad SMARTS) is 1. The Bertz CT molecular complexity index is 1100. The first kappa shape index (κ1) is 28.7. The summed E-state index contributed by atoms with van der Waals surface area (Å²) in [5.74, 6) is -1.69. The highest BCUT2D eigenvalue weighted by Gasteiger charge is 2.52. The van der Waals surface area contributed by atoms with Crippen molar-refractivity contribution in [3.05, 3.63) is 34.4 Å². The SMILES string of the molecule is O=C(O)C1O[C@@H](OC2C(O)[C@H](/C=N/Nc3ccc([N+](=O)[O-])cc3)O[C@@H]2COS(=O)(=O)O)C(O)C(O)[C@H]1O. The number of aliphatic carboxylic acids is 1. The molecule has 0 bridgehead atoms. The molecule has 2 aliphatic rings. The van der Waals surface area contributed by atoms with E-state index >= 15 is 0 Å². The van der Waals surface area contributed by atoms with Gasteiger partial charge in [0.15, 0.2) is 12.4 Å². The maximum atomic E-state index is 11.3. The van der Waals surface area contributed by atoms with Gasteiger partial charge in [0.05, 0.1) is 23.4 Å². The predicted octanol–water partition coefficient (Wildman–Crippen LogP) is -2.78. The van der Waals surface area contributed by atoms with Crippen LogP contribution in [-0.4, -0.2) is 117 Å². The topological polar surface area (TPSA) is 277 Å². The summed E-state index contributed by atoms with van der Waals surface area (Å²) in [6.07, 6.45) is -15.0. The number of nitro groups is 1. The lowest BCUT2D eigenvalue weighted by Gasteiger charge is -2.40. The number of aliphatic hydroxyl groups is 4. The third-order valence-electron chi connectivity index (χ3n) is 5.35. The largest absolute Gasteiger partial charge is 0.479 e. The quantitative estimate of drug-likeness (QED) is 0.0667. The fourth-order valence-electron chi connectivity index (χ4n) is 3.51. The van der Waals surface area contributed by atoms with Crippen LogP contribution < -0.4 is 5.43 Å². The number of nitro benzene ring substituents is 1. The van der Waals surface area contributed by atoms with Gasteiger partial charge in [-0.3, -0.25) is 20.1 Å². The average molecular weight is 553 g/mol. The van der Waals surface area contributed by atoms with Gasteiger partial charge in [-0.1, -0.05) is 0 Å². The molecule has 2 aliphatic heterocycles. The summed E-state index contributed by atoms with van der Waals surface area (Å²) in [5, 5.41) is 64.3. The van der Waals surface area contributed by atoms with E-state index in [-0.39, 0.29) is 5.69 Å². The Kier molecular flexibility index (Phi) is 9.07. The van der Waals surface area contributed by atoms with Gasteiger partial charge < -0.3 is 39.7 Å². The van der Waals surface area contributed by atoms with Crippen molar-refractivity contribution >= 4 is 34.0 Å². The second kappa shape index (κ2) is 11.7. The van der Waals surface area contributed by atoms with E-state index in [1.165, 1.54) is 24.3 Å². The minimum Gasteiger partial charge on any atom is -0.479 e. The van der Waals surface area contributed by atoms with Crippen LogP contribution in [-0.2, 0) is 33.6 Å². The van der Waals surface area contributed by atoms with Crippen LogP contribution in [0.1, 0.15) is 0 Å². The molecular formula is C18H23N3O15S. The first-order chi connectivity index (χ1) is 17.3. The highest BCUT2D eigenvalue weighted by molar-refractivity contribution is 7.80. The van der Waals surface area contributed by atoms with Crippen LogP contribution in [0.3, 0.4) is 0 Å². The monoisotopic (exact) mass is 553 g/mol. The van der Waals surface area contributed by atoms with E-state index in [1.54, 1.807) is 0 Å². The zero-order valence-corrected chi connectivity index (χ0v) is 19.3. The number of rotatable bonds is 10. The minimum atomic E-state index is -4.96. The summed E-state index contributed by atoms with van der Waals surface area (Å²) in [4.78, 5) is 21.4. The Labute approximate surface area is 207 Å². The molecule has 18 nitrogen and oxygen atoms in total. The van der Waals surface area contributed by atoms with Gasteiger partial charge in [-0.15, -0.1) is 0 Å². The highest BCUT2D eigenvalue weighted by atomic mass is 32.3. The van der Waals surface area contributed by atoms with Crippen LogP contribution in [0.5, 0.6) is 0 Å². The van der Waals surface area contributed by atoms with Crippen LogP contribution in [0.4, 0.5) is 11.4 Å². The average Bonchev–Trinajstić information content (AvgIpc) is 3.12. The molecule has 0 saturated carbocycles. The molecule has 0 aliphatic carbocycles. The fraction of sp³-hybridized carbons (Fsp3) is 0.556. The zero-order chi connectivity index (χ0) is 27.5. The van der Waals surface area contributed by atoms with Crippen molar-refractivity contribution in [3.63, 3.8) is 0 Å². The van der Waals surface area contributed by atoms with Crippen molar-refractivity contribution < 1.29 is 66.6 Å². The van der Waals surface area contributed by atoms with Gasteiger partial charge in [0.2, 0.25) is 0 Å². The molecule has 9 atom stereocenters. The molecular weight excluding hydrogens is 530 g/mol. The maximum absolute atomic E-state index is 11.3. The maximum Gasteiger partial charge on any atom is 0.397 e. The standard InChI is InChI=1S/C18H23N3O15S/c22-11-9(5-19-20-7-1-3-8(4-2-7)21(28)29)34-10(6-33-37(30,31)32)15(11)35-18-14(25)12(23)13(24)16(36-18)17(26)27/h1-5,9-16,18,20,22-25H,6H2,(H,26,27)(H,30,31,32)/b19-5+/t9-,10+,11?,12?,13+,14?,15?,16?,18+/m0/s1. The number of hydrogen-bond donors (Lipinski definition) is 7. The summed E-state index contributed by atoms with van der Waals surface area (Å²) in [7, 11) is -4.96. The summed E-state index contributed by atoms with van der Waals surface area (Å²) in [5.41, 5.74) is 2.67. The fourth-order valence-corrected chi connectivity index (χ4v) is 3.81. The number of non-ortho nitro benzene ring substituents is 1. The molecule has 1 aromatic rings. The van der Waals surface area contributed by atoms with Crippen molar-refractivity contribution in [1.82, 2.24) is 0 Å². The Morgan fingerprint density at radius 2 is 1.76 bits per heavy atom. The number of aliphatic hydroxyl groups excluding tert-OH is 4. The normalized spacial score (nSPS) is 34.5. The number of carboxylic acids is 1. The molecule has 0 radical (unpaired) electrons. The number of anilines is 1. The second-order valence-corrected chi connectivity index (χ2v) is 8.96. The third-order valence-corrected chi connectivity index (χ3v) is 5.78. The van der Waals surface area contributed by atoms with E-state index in [4.69, 9.17) is 23.9 Å². The molecule has 19 heteroatoms.